The maximum atomic E-state index is 12.6. The van der Waals surface area contributed by atoms with E-state index in [0.29, 0.717) is 23.7 Å². The predicted octanol–water partition coefficient (Wildman–Crippen LogP) is 3.09. The number of para-hydroxylation sites is 1. The molecule has 2 aromatic rings. The number of halogens is 1. The number of amides is 1. The SMILES string of the molecule is C[C@H]1CN(C(=O)Cc2cccnc2)c2cccc(Cl)c2O1. The molecule has 0 spiro atoms. The van der Waals surface area contributed by atoms with Crippen LogP contribution in [0.1, 0.15) is 12.5 Å². The molecular weight excluding hydrogens is 288 g/mol. The second-order valence-corrected chi connectivity index (χ2v) is 5.47. The molecule has 108 valence electrons. The minimum atomic E-state index is -0.0877. The maximum absolute atomic E-state index is 12.6. The number of nitrogens with zero attached hydrogens (tertiary/aromatic N) is 2. The van der Waals surface area contributed by atoms with Gasteiger partial charge in [-0.15, -0.1) is 0 Å². The third-order valence-electron chi connectivity index (χ3n) is 3.37. The van der Waals surface area contributed by atoms with Crippen LogP contribution < -0.4 is 9.64 Å². The Morgan fingerprint density at radius 2 is 2.29 bits per heavy atom. The highest BCUT2D eigenvalue weighted by Crippen LogP contribution is 2.39. The van der Waals surface area contributed by atoms with Crippen LogP contribution in [0.2, 0.25) is 5.02 Å². The molecule has 0 unspecified atom stereocenters. The first-order valence-corrected chi connectivity index (χ1v) is 7.17. The molecular formula is C16H15ClN2O2. The fourth-order valence-corrected chi connectivity index (χ4v) is 2.64. The van der Waals surface area contributed by atoms with Crippen molar-refractivity contribution in [2.75, 3.05) is 11.4 Å². The molecule has 0 fully saturated rings. The van der Waals surface area contributed by atoms with E-state index in [-0.39, 0.29) is 12.0 Å². The summed E-state index contributed by atoms with van der Waals surface area (Å²) in [6.07, 6.45) is 3.63. The highest BCUT2D eigenvalue weighted by atomic mass is 35.5. The van der Waals surface area contributed by atoms with Crippen molar-refractivity contribution >= 4 is 23.2 Å². The Morgan fingerprint density at radius 1 is 1.43 bits per heavy atom. The van der Waals surface area contributed by atoms with Crippen LogP contribution in [-0.4, -0.2) is 23.5 Å². The van der Waals surface area contributed by atoms with Crippen molar-refractivity contribution in [2.45, 2.75) is 19.4 Å². The monoisotopic (exact) mass is 302 g/mol. The number of benzene rings is 1. The van der Waals surface area contributed by atoms with Crippen molar-refractivity contribution in [1.82, 2.24) is 4.98 Å². The van der Waals surface area contributed by atoms with Gasteiger partial charge in [0, 0.05) is 12.4 Å². The van der Waals surface area contributed by atoms with E-state index in [1.54, 1.807) is 23.4 Å². The molecule has 5 heteroatoms. The summed E-state index contributed by atoms with van der Waals surface area (Å²) in [5, 5.41) is 0.526. The Bertz CT molecular complexity index is 661. The standard InChI is InChI=1S/C16H15ClN2O2/c1-11-10-19(14-6-2-5-13(17)16(14)21-11)15(20)8-12-4-3-7-18-9-12/h2-7,9,11H,8,10H2,1H3/t11-/m0/s1. The first-order valence-electron chi connectivity index (χ1n) is 6.79. The Hall–Kier alpha value is -2.07. The van der Waals surface area contributed by atoms with Crippen molar-refractivity contribution in [1.29, 1.82) is 0 Å². The van der Waals surface area contributed by atoms with Crippen LogP contribution in [0.3, 0.4) is 0 Å². The second-order valence-electron chi connectivity index (χ2n) is 5.06. The average molecular weight is 303 g/mol. The Kier molecular flexibility index (Phi) is 3.80. The summed E-state index contributed by atoms with van der Waals surface area (Å²) in [6, 6.07) is 9.17. The van der Waals surface area contributed by atoms with Gasteiger partial charge in [0.05, 0.1) is 23.7 Å². The molecule has 0 bridgehead atoms. The van der Waals surface area contributed by atoms with E-state index in [4.69, 9.17) is 16.3 Å². The Labute approximate surface area is 128 Å². The fraction of sp³-hybridized carbons (Fsp3) is 0.250. The molecule has 3 rings (SSSR count). The van der Waals surface area contributed by atoms with E-state index < -0.39 is 0 Å². The summed E-state index contributed by atoms with van der Waals surface area (Å²) in [4.78, 5) is 18.4. The molecule has 0 radical (unpaired) electrons. The molecule has 1 aromatic heterocycles. The number of fused-ring (bicyclic) bond motifs is 1. The van der Waals surface area contributed by atoms with E-state index >= 15 is 0 Å². The summed E-state index contributed by atoms with van der Waals surface area (Å²) in [6.45, 7) is 2.45. The predicted molar refractivity (Wildman–Crippen MR) is 81.8 cm³/mol. The lowest BCUT2D eigenvalue weighted by molar-refractivity contribution is -0.118. The first-order chi connectivity index (χ1) is 10.1. The van der Waals surface area contributed by atoms with Gasteiger partial charge in [0.15, 0.2) is 5.75 Å². The quantitative estimate of drug-likeness (QED) is 0.856. The number of pyridine rings is 1. The number of hydrogen-bond donors (Lipinski definition) is 0. The lowest BCUT2D eigenvalue weighted by Gasteiger charge is -2.34. The van der Waals surface area contributed by atoms with Crippen LogP contribution in [0.25, 0.3) is 0 Å². The number of anilines is 1. The fourth-order valence-electron chi connectivity index (χ4n) is 2.43. The summed E-state index contributed by atoms with van der Waals surface area (Å²) >= 11 is 6.16. The molecule has 1 amide bonds. The highest BCUT2D eigenvalue weighted by Gasteiger charge is 2.28. The van der Waals surface area contributed by atoms with Crippen molar-refractivity contribution in [3.8, 4) is 5.75 Å². The molecule has 1 aliphatic rings. The van der Waals surface area contributed by atoms with Crippen LogP contribution >= 0.6 is 11.6 Å². The lowest BCUT2D eigenvalue weighted by atomic mass is 10.1. The third-order valence-corrected chi connectivity index (χ3v) is 3.67. The number of carbonyl (C=O) groups excluding carboxylic acids is 1. The van der Waals surface area contributed by atoms with Crippen LogP contribution in [0.4, 0.5) is 5.69 Å². The molecule has 0 saturated carbocycles. The third kappa shape index (κ3) is 2.85. The maximum Gasteiger partial charge on any atom is 0.231 e. The molecule has 4 nitrogen and oxygen atoms in total. The number of hydrogen-bond acceptors (Lipinski definition) is 3. The smallest absolute Gasteiger partial charge is 0.231 e. The van der Waals surface area contributed by atoms with E-state index in [1.165, 1.54) is 0 Å². The lowest BCUT2D eigenvalue weighted by Crippen LogP contribution is -2.43. The van der Waals surface area contributed by atoms with Crippen LogP contribution in [0.5, 0.6) is 5.75 Å². The zero-order valence-electron chi connectivity index (χ0n) is 11.6. The number of ether oxygens (including phenoxy) is 1. The van der Waals surface area contributed by atoms with Crippen molar-refractivity contribution in [3.63, 3.8) is 0 Å². The molecule has 2 heterocycles. The largest absolute Gasteiger partial charge is 0.485 e. The van der Waals surface area contributed by atoms with Gasteiger partial charge in [-0.1, -0.05) is 23.7 Å². The molecule has 1 aromatic carbocycles. The van der Waals surface area contributed by atoms with E-state index in [9.17, 15) is 4.79 Å². The second kappa shape index (κ2) is 5.74. The van der Waals surface area contributed by atoms with Gasteiger partial charge in [-0.2, -0.15) is 0 Å². The summed E-state index contributed by atoms with van der Waals surface area (Å²) in [7, 11) is 0. The zero-order chi connectivity index (χ0) is 14.8. The van der Waals surface area contributed by atoms with E-state index in [0.717, 1.165) is 11.3 Å². The summed E-state index contributed by atoms with van der Waals surface area (Å²) in [5.74, 6) is 0.596. The van der Waals surface area contributed by atoms with Crippen LogP contribution in [-0.2, 0) is 11.2 Å². The van der Waals surface area contributed by atoms with Gasteiger partial charge >= 0.3 is 0 Å². The van der Waals surface area contributed by atoms with Gasteiger partial charge in [-0.3, -0.25) is 9.78 Å². The minimum absolute atomic E-state index is 0.0154. The number of carbonyl (C=O) groups is 1. The number of aromatic nitrogens is 1. The van der Waals surface area contributed by atoms with Gasteiger partial charge in [0.25, 0.3) is 0 Å². The molecule has 21 heavy (non-hydrogen) atoms. The van der Waals surface area contributed by atoms with Crippen molar-refractivity contribution in [3.05, 3.63) is 53.3 Å². The molecule has 0 N–H and O–H groups in total. The van der Waals surface area contributed by atoms with Crippen LogP contribution in [0, 0.1) is 0 Å². The summed E-state index contributed by atoms with van der Waals surface area (Å²) in [5.41, 5.74) is 1.62. The normalized spacial score (nSPS) is 17.0. The zero-order valence-corrected chi connectivity index (χ0v) is 12.4. The van der Waals surface area contributed by atoms with Crippen molar-refractivity contribution in [2.24, 2.45) is 0 Å². The van der Waals surface area contributed by atoms with E-state index in [2.05, 4.69) is 4.98 Å². The number of rotatable bonds is 2. The highest BCUT2D eigenvalue weighted by molar-refractivity contribution is 6.32. The summed E-state index contributed by atoms with van der Waals surface area (Å²) < 4.78 is 5.75. The van der Waals surface area contributed by atoms with Gasteiger partial charge in [0.1, 0.15) is 6.10 Å². The average Bonchev–Trinajstić information content (AvgIpc) is 2.48. The Morgan fingerprint density at radius 3 is 3.05 bits per heavy atom. The molecule has 0 saturated heterocycles. The molecule has 1 aliphatic heterocycles. The van der Waals surface area contributed by atoms with Crippen LogP contribution in [0.15, 0.2) is 42.7 Å². The van der Waals surface area contributed by atoms with Gasteiger partial charge in [-0.05, 0) is 30.7 Å². The van der Waals surface area contributed by atoms with Gasteiger partial charge < -0.3 is 9.64 Å². The van der Waals surface area contributed by atoms with Crippen molar-refractivity contribution < 1.29 is 9.53 Å². The molecule has 0 aliphatic carbocycles. The van der Waals surface area contributed by atoms with Gasteiger partial charge in [-0.25, -0.2) is 0 Å². The van der Waals surface area contributed by atoms with Gasteiger partial charge in [0.2, 0.25) is 5.91 Å². The van der Waals surface area contributed by atoms with E-state index in [1.807, 2.05) is 31.2 Å². The molecule has 1 atom stereocenters. The first kappa shape index (κ1) is 13.9. The minimum Gasteiger partial charge on any atom is -0.485 e. The Balaban J connectivity index is 1.89. The topological polar surface area (TPSA) is 42.4 Å².